The van der Waals surface area contributed by atoms with E-state index in [1.54, 1.807) is 0 Å². The number of hydrogen-bond acceptors (Lipinski definition) is 2. The third-order valence-electron chi connectivity index (χ3n) is 4.28. The molecule has 1 N–H and O–H groups in total. The van der Waals surface area contributed by atoms with Gasteiger partial charge in [0.1, 0.15) is 0 Å². The summed E-state index contributed by atoms with van der Waals surface area (Å²) < 4.78 is 0. The van der Waals surface area contributed by atoms with Crippen LogP contribution in [0.1, 0.15) is 26.3 Å². The molecule has 0 fully saturated rings. The van der Waals surface area contributed by atoms with Crippen LogP contribution in [0.5, 0.6) is 0 Å². The van der Waals surface area contributed by atoms with Crippen molar-refractivity contribution >= 4 is 5.91 Å². The van der Waals surface area contributed by atoms with E-state index in [4.69, 9.17) is 0 Å². The highest BCUT2D eigenvalue weighted by Crippen LogP contribution is 2.19. The molecule has 2 aromatic carbocycles. The van der Waals surface area contributed by atoms with Crippen LogP contribution in [0, 0.1) is 0 Å². The zero-order valence-electron chi connectivity index (χ0n) is 15.0. The van der Waals surface area contributed by atoms with Gasteiger partial charge in [0.15, 0.2) is 0 Å². The fourth-order valence-electron chi connectivity index (χ4n) is 2.81. The first-order chi connectivity index (χ1) is 11.6. The number of likely N-dealkylation sites (N-methyl/N-ethyl adjacent to an activating group) is 1. The molecule has 0 radical (unpaired) electrons. The third kappa shape index (κ3) is 5.50. The predicted octanol–water partition coefficient (Wildman–Crippen LogP) is 3.74. The second-order valence-electron chi connectivity index (χ2n) is 6.31. The highest BCUT2D eigenvalue weighted by Gasteiger charge is 2.08. The van der Waals surface area contributed by atoms with Crippen molar-refractivity contribution in [3.05, 3.63) is 60.2 Å². The zero-order chi connectivity index (χ0) is 17.4. The average Bonchev–Trinajstić information content (AvgIpc) is 2.60. The Hall–Kier alpha value is -2.13. The number of amides is 1. The Morgan fingerprint density at radius 3 is 2.21 bits per heavy atom. The molecule has 0 saturated heterocycles. The first-order valence-corrected chi connectivity index (χ1v) is 8.75. The number of carbonyl (C=O) groups excluding carboxylic acids is 1. The Morgan fingerprint density at radius 1 is 1.00 bits per heavy atom. The van der Waals surface area contributed by atoms with E-state index in [2.05, 4.69) is 55.3 Å². The highest BCUT2D eigenvalue weighted by atomic mass is 16.1. The molecule has 0 bridgehead atoms. The Morgan fingerprint density at radius 2 is 1.62 bits per heavy atom. The van der Waals surface area contributed by atoms with Crippen LogP contribution in [-0.2, 0) is 11.2 Å². The van der Waals surface area contributed by atoms with Gasteiger partial charge in [-0.2, -0.15) is 0 Å². The minimum atomic E-state index is 0.0854. The van der Waals surface area contributed by atoms with E-state index in [0.29, 0.717) is 19.0 Å². The normalized spacial score (nSPS) is 11.0. The number of nitrogens with zero attached hydrogens (tertiary/aromatic N) is 1. The molecule has 128 valence electrons. The van der Waals surface area contributed by atoms with Crippen LogP contribution in [0.3, 0.4) is 0 Å². The van der Waals surface area contributed by atoms with E-state index < -0.39 is 0 Å². The minimum absolute atomic E-state index is 0.0854. The van der Waals surface area contributed by atoms with Crippen molar-refractivity contribution in [1.29, 1.82) is 0 Å². The molecule has 0 aromatic heterocycles. The number of carbonyl (C=O) groups is 1. The van der Waals surface area contributed by atoms with Crippen molar-refractivity contribution in [1.82, 2.24) is 10.2 Å². The molecule has 0 heterocycles. The number of nitrogens with one attached hydrogen (secondary N) is 1. The molecule has 2 aromatic rings. The number of benzene rings is 2. The minimum Gasteiger partial charge on any atom is -0.355 e. The lowest BCUT2D eigenvalue weighted by Gasteiger charge is -2.24. The van der Waals surface area contributed by atoms with Gasteiger partial charge in [-0.15, -0.1) is 0 Å². The molecule has 0 saturated carbocycles. The van der Waals surface area contributed by atoms with Gasteiger partial charge in [0, 0.05) is 19.1 Å². The fraction of sp³-hybridized carbons (Fsp3) is 0.381. The zero-order valence-corrected chi connectivity index (χ0v) is 15.0. The van der Waals surface area contributed by atoms with Gasteiger partial charge in [-0.3, -0.25) is 9.69 Å². The van der Waals surface area contributed by atoms with E-state index in [9.17, 15) is 4.79 Å². The molecule has 0 aliphatic rings. The summed E-state index contributed by atoms with van der Waals surface area (Å²) in [5.41, 5.74) is 3.42. The Balaban J connectivity index is 1.82. The van der Waals surface area contributed by atoms with E-state index in [1.165, 1.54) is 11.1 Å². The lowest BCUT2D eigenvalue weighted by Crippen LogP contribution is -2.38. The topological polar surface area (TPSA) is 32.3 Å². The quantitative estimate of drug-likeness (QED) is 0.802. The summed E-state index contributed by atoms with van der Waals surface area (Å²) in [5, 5.41) is 3.02. The van der Waals surface area contributed by atoms with Crippen molar-refractivity contribution in [2.45, 2.75) is 33.2 Å². The molecular weight excluding hydrogens is 296 g/mol. The van der Waals surface area contributed by atoms with Gasteiger partial charge in [0.05, 0.1) is 6.42 Å². The summed E-state index contributed by atoms with van der Waals surface area (Å²) in [5.74, 6) is 0.0854. The van der Waals surface area contributed by atoms with Gasteiger partial charge in [0.2, 0.25) is 5.91 Å². The lowest BCUT2D eigenvalue weighted by molar-refractivity contribution is -0.120. The second-order valence-corrected chi connectivity index (χ2v) is 6.31. The first kappa shape index (κ1) is 18.2. The fourth-order valence-corrected chi connectivity index (χ4v) is 2.81. The van der Waals surface area contributed by atoms with Gasteiger partial charge >= 0.3 is 0 Å². The number of hydrogen-bond donors (Lipinski definition) is 1. The molecule has 0 unspecified atom stereocenters. The van der Waals surface area contributed by atoms with Crippen molar-refractivity contribution in [2.24, 2.45) is 0 Å². The highest BCUT2D eigenvalue weighted by molar-refractivity contribution is 5.78. The van der Waals surface area contributed by atoms with E-state index in [-0.39, 0.29) is 5.91 Å². The van der Waals surface area contributed by atoms with Gasteiger partial charge < -0.3 is 5.32 Å². The van der Waals surface area contributed by atoms with Crippen LogP contribution >= 0.6 is 0 Å². The summed E-state index contributed by atoms with van der Waals surface area (Å²) >= 11 is 0. The van der Waals surface area contributed by atoms with Crippen LogP contribution < -0.4 is 5.32 Å². The van der Waals surface area contributed by atoms with E-state index >= 15 is 0 Å². The summed E-state index contributed by atoms with van der Waals surface area (Å²) in [6.45, 7) is 9.11. The van der Waals surface area contributed by atoms with Crippen molar-refractivity contribution < 1.29 is 4.79 Å². The standard InChI is InChI=1S/C21H28N2O/c1-4-23(17(2)3)15-14-22-21(24)16-18-10-12-20(13-11-18)19-8-6-5-7-9-19/h5-13,17H,4,14-16H2,1-3H3,(H,22,24). The molecule has 3 nitrogen and oxygen atoms in total. The van der Waals surface area contributed by atoms with E-state index in [0.717, 1.165) is 18.7 Å². The largest absolute Gasteiger partial charge is 0.355 e. The van der Waals surface area contributed by atoms with E-state index in [1.807, 2.05) is 30.3 Å². The summed E-state index contributed by atoms with van der Waals surface area (Å²) in [7, 11) is 0. The molecule has 0 aliphatic carbocycles. The molecule has 0 atom stereocenters. The average molecular weight is 324 g/mol. The summed E-state index contributed by atoms with van der Waals surface area (Å²) in [6.07, 6.45) is 0.433. The maximum atomic E-state index is 12.1. The molecule has 2 rings (SSSR count). The van der Waals surface area contributed by atoms with Crippen LogP contribution in [0.25, 0.3) is 11.1 Å². The molecule has 3 heteroatoms. The molecule has 0 aliphatic heterocycles. The molecular formula is C21H28N2O. The van der Waals surface area contributed by atoms with Crippen LogP contribution in [0.15, 0.2) is 54.6 Å². The Kier molecular flexibility index (Phi) is 7.01. The summed E-state index contributed by atoms with van der Waals surface area (Å²) in [6, 6.07) is 19.0. The molecule has 0 spiro atoms. The SMILES string of the molecule is CCN(CCNC(=O)Cc1ccc(-c2ccccc2)cc1)C(C)C. The third-order valence-corrected chi connectivity index (χ3v) is 4.28. The first-order valence-electron chi connectivity index (χ1n) is 8.75. The van der Waals surface area contributed by atoms with Crippen LogP contribution in [-0.4, -0.2) is 36.5 Å². The Labute approximate surface area is 145 Å². The molecule has 24 heavy (non-hydrogen) atoms. The van der Waals surface area contributed by atoms with Gasteiger partial charge in [0.25, 0.3) is 0 Å². The number of rotatable bonds is 8. The van der Waals surface area contributed by atoms with Crippen LogP contribution in [0.4, 0.5) is 0 Å². The lowest BCUT2D eigenvalue weighted by atomic mass is 10.0. The predicted molar refractivity (Wildman–Crippen MR) is 101 cm³/mol. The Bertz CT molecular complexity index is 620. The molecule has 1 amide bonds. The van der Waals surface area contributed by atoms with Crippen molar-refractivity contribution in [3.8, 4) is 11.1 Å². The van der Waals surface area contributed by atoms with Gasteiger partial charge in [-0.05, 0) is 37.1 Å². The van der Waals surface area contributed by atoms with Gasteiger partial charge in [-0.1, -0.05) is 61.5 Å². The van der Waals surface area contributed by atoms with Crippen molar-refractivity contribution in [2.75, 3.05) is 19.6 Å². The maximum absolute atomic E-state index is 12.1. The summed E-state index contributed by atoms with van der Waals surface area (Å²) in [4.78, 5) is 14.4. The smallest absolute Gasteiger partial charge is 0.224 e. The van der Waals surface area contributed by atoms with Gasteiger partial charge in [-0.25, -0.2) is 0 Å². The van der Waals surface area contributed by atoms with Crippen molar-refractivity contribution in [3.63, 3.8) is 0 Å². The maximum Gasteiger partial charge on any atom is 0.224 e. The van der Waals surface area contributed by atoms with Crippen LogP contribution in [0.2, 0.25) is 0 Å². The monoisotopic (exact) mass is 324 g/mol. The second kappa shape index (κ2) is 9.24.